The van der Waals surface area contributed by atoms with Crippen LogP contribution in [0, 0.1) is 0 Å². The molecule has 0 spiro atoms. The first-order valence-electron chi connectivity index (χ1n) is 6.83. The summed E-state index contributed by atoms with van der Waals surface area (Å²) in [5, 5.41) is 29.9. The largest absolute Gasteiger partial charge is 0.481 e. The number of hydrogen-bond donors (Lipinski definition) is 2. The van der Waals surface area contributed by atoms with Gasteiger partial charge in [-0.2, -0.15) is 0 Å². The van der Waals surface area contributed by atoms with Crippen molar-refractivity contribution in [2.24, 2.45) is 0 Å². The second-order valence-corrected chi connectivity index (χ2v) is 5.10. The van der Waals surface area contributed by atoms with Gasteiger partial charge >= 0.3 is 5.97 Å². The lowest BCUT2D eigenvalue weighted by molar-refractivity contribution is -0.137. The molecule has 0 aliphatic heterocycles. The molecule has 106 valence electrons. The maximum Gasteiger partial charge on any atom is 0.303 e. The zero-order valence-corrected chi connectivity index (χ0v) is 10.9. The topological polar surface area (TPSA) is 101 Å². The van der Waals surface area contributed by atoms with Crippen LogP contribution in [0.25, 0.3) is 0 Å². The summed E-state index contributed by atoms with van der Waals surface area (Å²) in [4.78, 5) is 10.4. The number of rotatable bonds is 6. The lowest BCUT2D eigenvalue weighted by Crippen LogP contribution is -2.23. The van der Waals surface area contributed by atoms with Gasteiger partial charge < -0.3 is 10.2 Å². The molecule has 2 rings (SSSR count). The highest BCUT2D eigenvalue weighted by atomic mass is 16.4. The average Bonchev–Trinajstić information content (AvgIpc) is 2.84. The molecule has 1 aliphatic rings. The Labute approximate surface area is 111 Å². The van der Waals surface area contributed by atoms with Crippen LogP contribution < -0.4 is 0 Å². The van der Waals surface area contributed by atoms with Gasteiger partial charge in [-0.25, -0.2) is 4.68 Å². The molecule has 0 radical (unpaired) electrons. The van der Waals surface area contributed by atoms with Gasteiger partial charge in [-0.3, -0.25) is 4.79 Å². The Morgan fingerprint density at radius 2 is 2.00 bits per heavy atom. The molecule has 7 nitrogen and oxygen atoms in total. The van der Waals surface area contributed by atoms with Crippen molar-refractivity contribution in [2.75, 3.05) is 0 Å². The number of carboxylic acids is 1. The van der Waals surface area contributed by atoms with Gasteiger partial charge in [0.2, 0.25) is 0 Å². The predicted molar refractivity (Wildman–Crippen MR) is 66.5 cm³/mol. The van der Waals surface area contributed by atoms with Crippen molar-refractivity contribution in [1.29, 1.82) is 0 Å². The summed E-state index contributed by atoms with van der Waals surface area (Å²) in [5.74, 6) is 0.0626. The van der Waals surface area contributed by atoms with Gasteiger partial charge in [-0.15, -0.1) is 5.10 Å². The smallest absolute Gasteiger partial charge is 0.303 e. The molecule has 1 aliphatic carbocycles. The van der Waals surface area contributed by atoms with Gasteiger partial charge in [-0.1, -0.05) is 0 Å². The molecule has 0 atom stereocenters. The van der Waals surface area contributed by atoms with E-state index in [1.807, 2.05) is 4.68 Å². The normalized spacial score (nSPS) is 23.4. The SMILES string of the molecule is O=C(O)CCCCc1nnnn1C1CCC(O)CC1. The third kappa shape index (κ3) is 3.99. The maximum atomic E-state index is 10.4. The first kappa shape index (κ1) is 13.9. The van der Waals surface area contributed by atoms with Crippen LogP contribution >= 0.6 is 0 Å². The monoisotopic (exact) mass is 268 g/mol. The van der Waals surface area contributed by atoms with Crippen LogP contribution in [-0.2, 0) is 11.2 Å². The van der Waals surface area contributed by atoms with Gasteiger partial charge in [0.1, 0.15) is 0 Å². The number of nitrogens with zero attached hydrogens (tertiary/aromatic N) is 4. The summed E-state index contributed by atoms with van der Waals surface area (Å²) in [6.45, 7) is 0. The Kier molecular flexibility index (Phi) is 4.84. The summed E-state index contributed by atoms with van der Waals surface area (Å²) in [6.07, 6.45) is 5.52. The van der Waals surface area contributed by atoms with Gasteiger partial charge in [0.05, 0.1) is 12.1 Å². The number of aryl methyl sites for hydroxylation is 1. The fourth-order valence-corrected chi connectivity index (χ4v) is 2.52. The van der Waals surface area contributed by atoms with E-state index in [1.165, 1.54) is 0 Å². The van der Waals surface area contributed by atoms with Crippen LogP contribution in [0.2, 0.25) is 0 Å². The highest BCUT2D eigenvalue weighted by molar-refractivity contribution is 5.66. The lowest BCUT2D eigenvalue weighted by Gasteiger charge is -2.25. The van der Waals surface area contributed by atoms with E-state index in [1.54, 1.807) is 0 Å². The van der Waals surface area contributed by atoms with Crippen molar-refractivity contribution >= 4 is 5.97 Å². The highest BCUT2D eigenvalue weighted by Gasteiger charge is 2.23. The van der Waals surface area contributed by atoms with Crippen LogP contribution in [0.1, 0.15) is 56.8 Å². The standard InChI is InChI=1S/C12H20N4O3/c17-10-7-5-9(6-8-10)16-11(13-14-15-16)3-1-2-4-12(18)19/h9-10,17H,1-8H2,(H,18,19). The molecule has 0 amide bonds. The minimum absolute atomic E-state index is 0.188. The Bertz CT molecular complexity index is 413. The summed E-state index contributed by atoms with van der Waals surface area (Å²) in [7, 11) is 0. The molecular weight excluding hydrogens is 248 g/mol. The summed E-state index contributed by atoms with van der Waals surface area (Å²) < 4.78 is 1.85. The van der Waals surface area contributed by atoms with Crippen LogP contribution in [0.3, 0.4) is 0 Å². The third-order valence-corrected chi connectivity index (χ3v) is 3.61. The van der Waals surface area contributed by atoms with E-state index >= 15 is 0 Å². The van der Waals surface area contributed by atoms with Gasteiger partial charge in [0.15, 0.2) is 5.82 Å². The molecule has 1 heterocycles. The highest BCUT2D eigenvalue weighted by Crippen LogP contribution is 2.28. The first-order valence-corrected chi connectivity index (χ1v) is 6.83. The summed E-state index contributed by atoms with van der Waals surface area (Å²) >= 11 is 0. The Balaban J connectivity index is 1.85. The number of aliphatic hydroxyl groups excluding tert-OH is 1. The fourth-order valence-electron chi connectivity index (χ4n) is 2.52. The van der Waals surface area contributed by atoms with E-state index in [9.17, 15) is 9.90 Å². The molecule has 7 heteroatoms. The minimum atomic E-state index is -0.763. The number of carboxylic acid groups (broad SMARTS) is 1. The number of tetrazole rings is 1. The third-order valence-electron chi connectivity index (χ3n) is 3.61. The zero-order valence-electron chi connectivity index (χ0n) is 10.9. The summed E-state index contributed by atoms with van der Waals surface area (Å²) in [6, 6.07) is 0.271. The van der Waals surface area contributed by atoms with E-state index in [0.717, 1.165) is 37.9 Å². The maximum absolute atomic E-state index is 10.4. The second kappa shape index (κ2) is 6.60. The Morgan fingerprint density at radius 1 is 1.26 bits per heavy atom. The molecule has 2 N–H and O–H groups in total. The number of aliphatic carboxylic acids is 1. The molecule has 19 heavy (non-hydrogen) atoms. The molecule has 0 unspecified atom stereocenters. The number of aliphatic hydroxyl groups is 1. The van der Waals surface area contributed by atoms with Crippen molar-refractivity contribution < 1.29 is 15.0 Å². The van der Waals surface area contributed by atoms with Crippen LogP contribution in [0.4, 0.5) is 0 Å². The van der Waals surface area contributed by atoms with E-state index < -0.39 is 5.97 Å². The van der Waals surface area contributed by atoms with Crippen LogP contribution in [0.15, 0.2) is 0 Å². The molecule has 0 bridgehead atoms. The van der Waals surface area contributed by atoms with Crippen molar-refractivity contribution in [3.8, 4) is 0 Å². The van der Waals surface area contributed by atoms with Crippen molar-refractivity contribution in [3.63, 3.8) is 0 Å². The van der Waals surface area contributed by atoms with E-state index in [2.05, 4.69) is 15.5 Å². The van der Waals surface area contributed by atoms with E-state index in [0.29, 0.717) is 12.8 Å². The number of carbonyl (C=O) groups is 1. The number of unbranched alkanes of at least 4 members (excludes halogenated alkanes) is 1. The van der Waals surface area contributed by atoms with Crippen molar-refractivity contribution in [3.05, 3.63) is 5.82 Å². The van der Waals surface area contributed by atoms with Gasteiger partial charge in [-0.05, 0) is 49.0 Å². The Hall–Kier alpha value is -1.50. The quantitative estimate of drug-likeness (QED) is 0.745. The predicted octanol–water partition coefficient (Wildman–Crippen LogP) is 0.946. The molecule has 1 fully saturated rings. The van der Waals surface area contributed by atoms with E-state index in [-0.39, 0.29) is 18.6 Å². The lowest BCUT2D eigenvalue weighted by atomic mass is 9.93. The fraction of sp³-hybridized carbons (Fsp3) is 0.833. The van der Waals surface area contributed by atoms with Crippen LogP contribution in [-0.4, -0.2) is 42.5 Å². The molecular formula is C12H20N4O3. The average molecular weight is 268 g/mol. The minimum Gasteiger partial charge on any atom is -0.481 e. The van der Waals surface area contributed by atoms with Crippen molar-refractivity contribution in [1.82, 2.24) is 20.2 Å². The molecule has 1 aromatic rings. The first-order chi connectivity index (χ1) is 9.16. The molecule has 1 aromatic heterocycles. The van der Waals surface area contributed by atoms with Gasteiger partial charge in [0.25, 0.3) is 0 Å². The second-order valence-electron chi connectivity index (χ2n) is 5.10. The zero-order chi connectivity index (χ0) is 13.7. The number of hydrogen-bond acceptors (Lipinski definition) is 5. The van der Waals surface area contributed by atoms with E-state index in [4.69, 9.17) is 5.11 Å². The van der Waals surface area contributed by atoms with Crippen LogP contribution in [0.5, 0.6) is 0 Å². The number of aromatic nitrogens is 4. The molecule has 0 saturated heterocycles. The summed E-state index contributed by atoms with van der Waals surface area (Å²) in [5.41, 5.74) is 0. The Morgan fingerprint density at radius 3 is 2.68 bits per heavy atom. The van der Waals surface area contributed by atoms with Gasteiger partial charge in [0, 0.05) is 12.8 Å². The van der Waals surface area contributed by atoms with Crippen molar-refractivity contribution in [2.45, 2.75) is 63.5 Å². The molecule has 0 aromatic carbocycles. The molecule has 1 saturated carbocycles.